The Labute approximate surface area is 122 Å². The van der Waals surface area contributed by atoms with Gasteiger partial charge in [0, 0.05) is 12.8 Å². The Morgan fingerprint density at radius 3 is 2.55 bits per heavy atom. The first-order valence-electron chi connectivity index (χ1n) is 6.73. The third kappa shape index (κ3) is 2.43. The van der Waals surface area contributed by atoms with Crippen LogP contribution in [0.4, 0.5) is 4.39 Å². The highest BCUT2D eigenvalue weighted by molar-refractivity contribution is 6.29. The van der Waals surface area contributed by atoms with Crippen molar-refractivity contribution in [1.29, 1.82) is 0 Å². The summed E-state index contributed by atoms with van der Waals surface area (Å²) in [6.07, 6.45) is 4.65. The van der Waals surface area contributed by atoms with Crippen LogP contribution < -0.4 is 0 Å². The summed E-state index contributed by atoms with van der Waals surface area (Å²) in [5.41, 5.74) is 1.39. The van der Waals surface area contributed by atoms with E-state index in [-0.39, 0.29) is 5.82 Å². The lowest BCUT2D eigenvalue weighted by Gasteiger charge is -2.38. The molecular weight excluding hydrogens is 277 g/mol. The number of ether oxygens (including phenoxy) is 1. The van der Waals surface area contributed by atoms with E-state index < -0.39 is 5.60 Å². The van der Waals surface area contributed by atoms with Crippen LogP contribution in [0, 0.1) is 5.82 Å². The van der Waals surface area contributed by atoms with Crippen molar-refractivity contribution in [1.82, 2.24) is 4.98 Å². The van der Waals surface area contributed by atoms with Crippen LogP contribution in [-0.4, -0.2) is 11.6 Å². The highest BCUT2D eigenvalue weighted by Gasteiger charge is 2.37. The molecule has 0 bridgehead atoms. The zero-order valence-electron chi connectivity index (χ0n) is 11.0. The Kier molecular flexibility index (Phi) is 3.72. The van der Waals surface area contributed by atoms with E-state index in [2.05, 4.69) is 4.98 Å². The number of halogens is 2. The highest BCUT2D eigenvalue weighted by Crippen LogP contribution is 2.41. The van der Waals surface area contributed by atoms with Crippen LogP contribution >= 0.6 is 11.6 Å². The smallest absolute Gasteiger partial charge is 0.129 e. The minimum atomic E-state index is -0.543. The topological polar surface area (TPSA) is 22.1 Å². The molecule has 1 aromatic heterocycles. The molecule has 104 valence electrons. The summed E-state index contributed by atoms with van der Waals surface area (Å²) in [7, 11) is 0. The van der Waals surface area contributed by atoms with Gasteiger partial charge in [-0.1, -0.05) is 23.7 Å². The van der Waals surface area contributed by atoms with Crippen molar-refractivity contribution in [3.63, 3.8) is 0 Å². The average Bonchev–Trinajstić information content (AvgIpc) is 2.49. The fourth-order valence-corrected chi connectivity index (χ4v) is 2.96. The Morgan fingerprint density at radius 2 is 1.90 bits per heavy atom. The second-order valence-electron chi connectivity index (χ2n) is 5.01. The van der Waals surface area contributed by atoms with E-state index in [1.165, 1.54) is 12.1 Å². The fraction of sp³-hybridized carbons (Fsp3) is 0.312. The van der Waals surface area contributed by atoms with Crippen molar-refractivity contribution in [2.24, 2.45) is 0 Å². The lowest BCUT2D eigenvalue weighted by Crippen LogP contribution is -2.35. The third-order valence-corrected chi connectivity index (χ3v) is 3.98. The molecule has 2 aromatic rings. The van der Waals surface area contributed by atoms with E-state index in [0.29, 0.717) is 11.8 Å². The quantitative estimate of drug-likeness (QED) is 0.769. The molecule has 20 heavy (non-hydrogen) atoms. The van der Waals surface area contributed by atoms with Gasteiger partial charge in [-0.25, -0.2) is 9.37 Å². The lowest BCUT2D eigenvalue weighted by atomic mass is 9.81. The Bertz CT molecular complexity index is 594. The van der Waals surface area contributed by atoms with Crippen molar-refractivity contribution >= 4 is 11.6 Å². The van der Waals surface area contributed by atoms with Gasteiger partial charge in [-0.3, -0.25) is 0 Å². The molecule has 1 aromatic carbocycles. The molecule has 1 atom stereocenters. The first-order chi connectivity index (χ1) is 9.71. The summed E-state index contributed by atoms with van der Waals surface area (Å²) >= 11 is 6.01. The first-order valence-corrected chi connectivity index (χ1v) is 7.10. The zero-order valence-corrected chi connectivity index (χ0v) is 11.7. The molecule has 0 saturated carbocycles. The van der Waals surface area contributed by atoms with Crippen molar-refractivity contribution in [3.8, 4) is 0 Å². The number of pyridine rings is 1. The van der Waals surface area contributed by atoms with Crippen molar-refractivity contribution in [2.45, 2.75) is 24.9 Å². The SMILES string of the molecule is Fc1ccc(C2(c3ccnc(Cl)c3)CCCCO2)cc1. The maximum absolute atomic E-state index is 13.2. The minimum absolute atomic E-state index is 0.243. The second-order valence-corrected chi connectivity index (χ2v) is 5.39. The predicted molar refractivity (Wildman–Crippen MR) is 76.2 cm³/mol. The normalized spacial score (nSPS) is 22.7. The van der Waals surface area contributed by atoms with Crippen LogP contribution in [-0.2, 0) is 10.3 Å². The average molecular weight is 292 g/mol. The molecular formula is C16H15ClFNO. The molecule has 1 fully saturated rings. The lowest BCUT2D eigenvalue weighted by molar-refractivity contribution is -0.0534. The largest absolute Gasteiger partial charge is 0.366 e. The molecule has 0 radical (unpaired) electrons. The van der Waals surface area contributed by atoms with E-state index in [0.717, 1.165) is 30.4 Å². The van der Waals surface area contributed by atoms with E-state index in [9.17, 15) is 4.39 Å². The van der Waals surface area contributed by atoms with Gasteiger partial charge in [0.25, 0.3) is 0 Å². The van der Waals surface area contributed by atoms with Crippen molar-refractivity contribution in [2.75, 3.05) is 6.61 Å². The van der Waals surface area contributed by atoms with Crippen LogP contribution in [0.5, 0.6) is 0 Å². The molecule has 3 rings (SSSR count). The number of nitrogens with zero attached hydrogens (tertiary/aromatic N) is 1. The van der Waals surface area contributed by atoms with Crippen LogP contribution in [0.25, 0.3) is 0 Å². The van der Waals surface area contributed by atoms with Crippen LogP contribution in [0.2, 0.25) is 5.15 Å². The van der Waals surface area contributed by atoms with E-state index in [1.807, 2.05) is 12.1 Å². The summed E-state index contributed by atoms with van der Waals surface area (Å²) in [5.74, 6) is -0.243. The molecule has 2 heterocycles. The molecule has 2 nitrogen and oxygen atoms in total. The standard InChI is InChI=1S/C16H15ClFNO/c17-15-11-13(7-9-19-15)16(8-1-2-10-20-16)12-3-5-14(18)6-4-12/h3-7,9,11H,1-2,8,10H2. The Balaban J connectivity index is 2.11. The van der Waals surface area contributed by atoms with Gasteiger partial charge in [0.15, 0.2) is 0 Å². The summed E-state index contributed by atoms with van der Waals surface area (Å²) in [6.45, 7) is 0.692. The second kappa shape index (κ2) is 5.51. The molecule has 0 N–H and O–H groups in total. The van der Waals surface area contributed by atoms with Gasteiger partial charge >= 0.3 is 0 Å². The zero-order chi connectivity index (χ0) is 14.0. The van der Waals surface area contributed by atoms with E-state index in [4.69, 9.17) is 16.3 Å². The molecule has 1 unspecified atom stereocenters. The van der Waals surface area contributed by atoms with Gasteiger partial charge in [-0.05, 0) is 54.7 Å². The van der Waals surface area contributed by atoms with Crippen LogP contribution in [0.3, 0.4) is 0 Å². The Morgan fingerprint density at radius 1 is 1.10 bits per heavy atom. The number of hydrogen-bond acceptors (Lipinski definition) is 2. The maximum Gasteiger partial charge on any atom is 0.129 e. The monoisotopic (exact) mass is 291 g/mol. The number of rotatable bonds is 2. The number of aromatic nitrogens is 1. The number of benzene rings is 1. The number of hydrogen-bond donors (Lipinski definition) is 0. The van der Waals surface area contributed by atoms with E-state index >= 15 is 0 Å². The fourth-order valence-electron chi connectivity index (χ4n) is 2.79. The molecule has 0 aliphatic carbocycles. The third-order valence-electron chi connectivity index (χ3n) is 3.78. The van der Waals surface area contributed by atoms with Crippen molar-refractivity contribution < 1.29 is 9.13 Å². The van der Waals surface area contributed by atoms with Gasteiger partial charge in [0.05, 0.1) is 0 Å². The van der Waals surface area contributed by atoms with Crippen molar-refractivity contribution in [3.05, 3.63) is 64.7 Å². The summed E-state index contributed by atoms with van der Waals surface area (Å²) in [4.78, 5) is 4.02. The van der Waals surface area contributed by atoms with Gasteiger partial charge in [0.2, 0.25) is 0 Å². The van der Waals surface area contributed by atoms with Gasteiger partial charge < -0.3 is 4.74 Å². The summed E-state index contributed by atoms with van der Waals surface area (Å²) in [5, 5.41) is 0.443. The molecule has 0 amide bonds. The molecule has 1 saturated heterocycles. The van der Waals surface area contributed by atoms with Gasteiger partial charge in [-0.2, -0.15) is 0 Å². The first kappa shape index (κ1) is 13.5. The van der Waals surface area contributed by atoms with E-state index in [1.54, 1.807) is 18.3 Å². The molecule has 0 spiro atoms. The molecule has 4 heteroatoms. The maximum atomic E-state index is 13.2. The van der Waals surface area contributed by atoms with Crippen LogP contribution in [0.1, 0.15) is 30.4 Å². The summed E-state index contributed by atoms with van der Waals surface area (Å²) in [6, 6.07) is 10.3. The van der Waals surface area contributed by atoms with Gasteiger partial charge in [0.1, 0.15) is 16.6 Å². The summed E-state index contributed by atoms with van der Waals surface area (Å²) < 4.78 is 19.3. The predicted octanol–water partition coefficient (Wildman–Crippen LogP) is 4.32. The molecule has 1 aliphatic rings. The van der Waals surface area contributed by atoms with Gasteiger partial charge in [-0.15, -0.1) is 0 Å². The van der Waals surface area contributed by atoms with Crippen LogP contribution in [0.15, 0.2) is 42.6 Å². The highest BCUT2D eigenvalue weighted by atomic mass is 35.5. The minimum Gasteiger partial charge on any atom is -0.366 e. The Hall–Kier alpha value is -1.45. The molecule has 1 aliphatic heterocycles.